The lowest BCUT2D eigenvalue weighted by atomic mass is 9.81. The van der Waals surface area contributed by atoms with Gasteiger partial charge in [0, 0.05) is 63.1 Å². The maximum Gasteiger partial charge on any atom is 0.490 e. The van der Waals surface area contributed by atoms with Crippen LogP contribution in [0.3, 0.4) is 0 Å². The highest BCUT2D eigenvalue weighted by Gasteiger charge is 2.20. The number of hydrogen-bond acceptors (Lipinski definition) is 12. The number of nitrogens with zero attached hydrogens (tertiary/aromatic N) is 6. The lowest BCUT2D eigenvalue weighted by Crippen LogP contribution is -2.31. The van der Waals surface area contributed by atoms with Crippen molar-refractivity contribution >= 4 is 80.6 Å². The highest BCUT2D eigenvalue weighted by molar-refractivity contribution is 7.14. The molecule has 2 aliphatic rings. The number of carbonyl (C=O) groups is 2. The number of aryl methyl sites for hydroxylation is 7. The highest BCUT2D eigenvalue weighted by Crippen LogP contribution is 2.32. The van der Waals surface area contributed by atoms with E-state index in [2.05, 4.69) is 64.2 Å². The molecule has 0 spiro atoms. The number of amides is 1. The van der Waals surface area contributed by atoms with Gasteiger partial charge in [-0.05, 0) is 124 Å². The number of nitrogens with one attached hydrogen (secondary N) is 3. The van der Waals surface area contributed by atoms with E-state index in [9.17, 15) is 9.59 Å². The molecule has 0 saturated heterocycles. The number of H-pyrrole nitrogens is 2. The Morgan fingerprint density at radius 2 is 1.35 bits per heavy atom. The minimum atomic E-state index is -1.53. The number of halogens is 1. The predicted molar refractivity (Wildman–Crippen MR) is 245 cm³/mol. The van der Waals surface area contributed by atoms with Gasteiger partial charge in [-0.1, -0.05) is 17.7 Å². The molecule has 0 atom stereocenters. The molecule has 0 saturated carbocycles. The number of ketones is 1. The third-order valence-corrected chi connectivity index (χ3v) is 13.9. The van der Waals surface area contributed by atoms with Crippen molar-refractivity contribution in [2.75, 3.05) is 0 Å². The van der Waals surface area contributed by atoms with Crippen LogP contribution in [0.4, 0.5) is 0 Å². The van der Waals surface area contributed by atoms with Crippen LogP contribution in [0.15, 0.2) is 73.8 Å². The Kier molecular flexibility index (Phi) is 13.6. The van der Waals surface area contributed by atoms with Crippen LogP contribution in [0.2, 0.25) is 5.15 Å². The van der Waals surface area contributed by atoms with Gasteiger partial charge < -0.3 is 25.3 Å². The zero-order chi connectivity index (χ0) is 43.2. The van der Waals surface area contributed by atoms with Crippen LogP contribution in [-0.4, -0.2) is 68.7 Å². The molecule has 8 heterocycles. The Morgan fingerprint density at radius 1 is 0.742 bits per heavy atom. The average Bonchev–Trinajstić information content (AvgIpc) is 4.12. The van der Waals surface area contributed by atoms with Crippen molar-refractivity contribution in [3.05, 3.63) is 132 Å². The third-order valence-electron chi connectivity index (χ3n) is 11.1. The van der Waals surface area contributed by atoms with Gasteiger partial charge in [0.25, 0.3) is 5.91 Å². The summed E-state index contributed by atoms with van der Waals surface area (Å²) in [5.41, 5.74) is 10.1. The van der Waals surface area contributed by atoms with E-state index < -0.39 is 7.12 Å². The summed E-state index contributed by atoms with van der Waals surface area (Å²) in [6.45, 7) is 4.22. The summed E-state index contributed by atoms with van der Waals surface area (Å²) < 4.78 is 0. The summed E-state index contributed by atoms with van der Waals surface area (Å²) in [6, 6.07) is 11.7. The Labute approximate surface area is 371 Å². The molecule has 0 unspecified atom stereocenters. The molecule has 0 aromatic carbocycles. The van der Waals surface area contributed by atoms with E-state index in [0.717, 1.165) is 91.3 Å². The van der Waals surface area contributed by atoms with Crippen LogP contribution < -0.4 is 10.8 Å². The molecule has 10 rings (SSSR count). The van der Waals surface area contributed by atoms with Crippen molar-refractivity contribution in [1.29, 1.82) is 0 Å². The van der Waals surface area contributed by atoms with Crippen LogP contribution in [-0.2, 0) is 38.6 Å². The molecule has 0 aliphatic heterocycles. The summed E-state index contributed by atoms with van der Waals surface area (Å²) >= 11 is 9.02. The van der Waals surface area contributed by atoms with Gasteiger partial charge in [-0.25, -0.2) is 19.9 Å². The Balaban J connectivity index is 0.000000142. The van der Waals surface area contributed by atoms with Gasteiger partial charge in [0.15, 0.2) is 5.78 Å². The first-order chi connectivity index (χ1) is 30.1. The summed E-state index contributed by atoms with van der Waals surface area (Å²) in [4.78, 5) is 60.8. The Hall–Kier alpha value is -5.65. The number of aromatic amines is 2. The lowest BCUT2D eigenvalue weighted by molar-refractivity contribution is 0.0952. The largest absolute Gasteiger partial charge is 0.490 e. The van der Waals surface area contributed by atoms with Gasteiger partial charge in [0.2, 0.25) is 0 Å². The summed E-state index contributed by atoms with van der Waals surface area (Å²) in [7, 11) is -1.53. The number of carbonyl (C=O) groups excluding carboxylic acids is 2. The molecule has 17 heteroatoms. The van der Waals surface area contributed by atoms with E-state index in [1.165, 1.54) is 59.1 Å². The summed E-state index contributed by atoms with van der Waals surface area (Å²) in [6.07, 6.45) is 20.4. The molecule has 8 aromatic rings. The van der Waals surface area contributed by atoms with Crippen molar-refractivity contribution in [2.45, 2.75) is 84.6 Å². The molecule has 2 aliphatic carbocycles. The highest BCUT2D eigenvalue weighted by atomic mass is 35.5. The van der Waals surface area contributed by atoms with Crippen LogP contribution in [0.5, 0.6) is 0 Å². The molecular formula is C45H45BClN9O4S2. The second-order valence-electron chi connectivity index (χ2n) is 15.4. The van der Waals surface area contributed by atoms with E-state index in [-0.39, 0.29) is 11.7 Å². The van der Waals surface area contributed by atoms with E-state index in [1.54, 1.807) is 41.3 Å². The number of fused-ring (bicyclic) bond motifs is 4. The topological polar surface area (TPSA) is 196 Å². The van der Waals surface area contributed by atoms with E-state index in [0.29, 0.717) is 30.0 Å². The van der Waals surface area contributed by atoms with Crippen LogP contribution in [0.25, 0.3) is 33.3 Å². The monoisotopic (exact) mass is 885 g/mol. The number of aromatic nitrogens is 8. The molecule has 5 N–H and O–H groups in total. The first-order valence-corrected chi connectivity index (χ1v) is 22.7. The fraction of sp³-hybridized carbons (Fsp3) is 0.289. The zero-order valence-corrected chi connectivity index (χ0v) is 36.8. The molecular weight excluding hydrogens is 841 g/mol. The summed E-state index contributed by atoms with van der Waals surface area (Å²) in [5, 5.41) is 23.5. The molecule has 1 amide bonds. The van der Waals surface area contributed by atoms with Crippen molar-refractivity contribution < 1.29 is 19.6 Å². The maximum absolute atomic E-state index is 12.7. The predicted octanol–water partition coefficient (Wildman–Crippen LogP) is 7.64. The number of thiophene rings is 2. The second-order valence-corrected chi connectivity index (χ2v) is 18.0. The third kappa shape index (κ3) is 10.0. The lowest BCUT2D eigenvalue weighted by Gasteiger charge is -2.08. The molecule has 316 valence electrons. The van der Waals surface area contributed by atoms with Gasteiger partial charge in [-0.15, -0.1) is 22.7 Å². The minimum absolute atomic E-state index is 0.0723. The molecule has 62 heavy (non-hydrogen) atoms. The van der Waals surface area contributed by atoms with Crippen LogP contribution >= 0.6 is 34.3 Å². The Morgan fingerprint density at radius 3 is 2.02 bits per heavy atom. The normalized spacial score (nSPS) is 13.0. The van der Waals surface area contributed by atoms with Gasteiger partial charge >= 0.3 is 7.12 Å². The van der Waals surface area contributed by atoms with E-state index >= 15 is 0 Å². The van der Waals surface area contributed by atoms with Crippen molar-refractivity contribution in [3.8, 4) is 11.3 Å². The zero-order valence-electron chi connectivity index (χ0n) is 34.4. The number of pyridine rings is 2. The molecule has 0 radical (unpaired) electrons. The SMILES string of the molecule is Cc1cc(-c2ncnc3[nH]ccc23)cnc1CCC(=O)c1cc2c(s1)CCCC2.Cc1cc(B(O)O)cnc1CNC(=O)c1cc2c(s1)CCCC2.Clc1ncnc2[nH]ccc12. The number of Topliss-reactive ketones (excluding diaryl/α,β-unsaturated/α-hetero) is 1. The number of rotatable bonds is 9. The summed E-state index contributed by atoms with van der Waals surface area (Å²) in [5.74, 6) is 0.163. The van der Waals surface area contributed by atoms with Gasteiger partial charge in [0.05, 0.1) is 33.1 Å². The molecule has 8 aromatic heterocycles. The molecule has 13 nitrogen and oxygen atoms in total. The Bertz CT molecular complexity index is 2820. The van der Waals surface area contributed by atoms with Crippen molar-refractivity contribution in [1.82, 2.24) is 45.2 Å². The fourth-order valence-corrected chi connectivity index (χ4v) is 10.3. The average molecular weight is 886 g/mol. The fourth-order valence-electron chi connectivity index (χ4n) is 7.73. The van der Waals surface area contributed by atoms with Gasteiger partial charge in [-0.2, -0.15) is 0 Å². The van der Waals surface area contributed by atoms with Gasteiger partial charge in [0.1, 0.15) is 29.1 Å². The second kappa shape index (κ2) is 19.6. The molecule has 0 bridgehead atoms. The smallest absolute Gasteiger partial charge is 0.423 e. The van der Waals surface area contributed by atoms with Crippen molar-refractivity contribution in [2.24, 2.45) is 0 Å². The van der Waals surface area contributed by atoms with Gasteiger partial charge in [-0.3, -0.25) is 19.6 Å². The maximum atomic E-state index is 12.7. The molecule has 0 fully saturated rings. The quantitative estimate of drug-likeness (QED) is 0.0546. The standard InChI is InChI=1S/C23H22N4OS.C16H19BN2O3S.C6H4ClN3/c1-14-10-16(22-17-8-9-24-23(17)27-13-26-22)12-25-18(14)6-7-19(28)21-11-15-4-2-3-5-20(15)29-21;1-10-6-12(17(21)22)8-18-13(10)9-19-16(20)15-7-11-4-2-3-5-14(11)23-15;7-5-4-1-2-8-6(4)10-3-9-5/h8-13H,2-7H2,1H3,(H,24,26,27);6-8,21-22H,2-5,9H2,1H3,(H,19,20);1-3H,(H,8,9,10). The van der Waals surface area contributed by atoms with E-state index in [4.69, 9.17) is 21.6 Å². The minimum Gasteiger partial charge on any atom is -0.423 e. The van der Waals surface area contributed by atoms with Crippen LogP contribution in [0.1, 0.15) is 94.8 Å². The van der Waals surface area contributed by atoms with E-state index in [1.807, 2.05) is 37.5 Å². The van der Waals surface area contributed by atoms with Crippen molar-refractivity contribution in [3.63, 3.8) is 0 Å². The first-order valence-electron chi connectivity index (χ1n) is 20.6. The number of hydrogen-bond donors (Lipinski definition) is 5. The first kappa shape index (κ1) is 43.0. The van der Waals surface area contributed by atoms with Crippen LogP contribution in [0, 0.1) is 13.8 Å².